The molecule has 0 bridgehead atoms. The number of furan rings is 1. The van der Waals surface area contributed by atoms with Crippen molar-refractivity contribution in [3.05, 3.63) is 23.7 Å². The Morgan fingerprint density at radius 3 is 2.64 bits per heavy atom. The number of likely N-dealkylation sites (tertiary alicyclic amines) is 1. The van der Waals surface area contributed by atoms with Crippen LogP contribution in [-0.4, -0.2) is 39.9 Å². The van der Waals surface area contributed by atoms with Gasteiger partial charge in [-0.15, -0.1) is 0 Å². The van der Waals surface area contributed by atoms with Crippen LogP contribution in [0.25, 0.3) is 0 Å². The predicted molar refractivity (Wildman–Crippen MR) is 75.2 cm³/mol. The van der Waals surface area contributed by atoms with E-state index in [1.54, 1.807) is 0 Å². The van der Waals surface area contributed by atoms with E-state index < -0.39 is 23.8 Å². The zero-order valence-electron chi connectivity index (χ0n) is 12.0. The number of nitrogens with zero attached hydrogens (tertiary/aromatic N) is 1. The van der Waals surface area contributed by atoms with Crippen molar-refractivity contribution in [1.29, 1.82) is 0 Å². The third-order valence-corrected chi connectivity index (χ3v) is 4.70. The molecule has 1 aliphatic heterocycles. The number of aliphatic carboxylic acids is 1. The molecule has 22 heavy (non-hydrogen) atoms. The molecule has 1 saturated heterocycles. The molecule has 0 aromatic carbocycles. The highest BCUT2D eigenvalue weighted by molar-refractivity contribution is 5.99. The molecule has 3 rings (SSSR count). The standard InChI is InChI=1S/C15H18N2O5/c16-13(18)12-6-9(7-22-12)14(19)17-10-4-2-1-3-8(10)5-11(17)15(20)21/h6-8,10-11H,1-5H2,(H2,16,18)(H,20,21). The number of rotatable bonds is 3. The smallest absolute Gasteiger partial charge is 0.326 e. The number of fused-ring (bicyclic) bond motifs is 1. The van der Waals surface area contributed by atoms with E-state index in [-0.39, 0.29) is 23.3 Å². The van der Waals surface area contributed by atoms with Gasteiger partial charge < -0.3 is 20.2 Å². The van der Waals surface area contributed by atoms with E-state index in [0.717, 1.165) is 31.9 Å². The summed E-state index contributed by atoms with van der Waals surface area (Å²) in [4.78, 5) is 36.7. The van der Waals surface area contributed by atoms with Gasteiger partial charge in [-0.2, -0.15) is 0 Å². The largest absolute Gasteiger partial charge is 0.480 e. The van der Waals surface area contributed by atoms with Crippen LogP contribution in [0.2, 0.25) is 0 Å². The van der Waals surface area contributed by atoms with E-state index in [9.17, 15) is 19.5 Å². The van der Waals surface area contributed by atoms with Crippen LogP contribution in [0.1, 0.15) is 53.0 Å². The van der Waals surface area contributed by atoms with Gasteiger partial charge in [0, 0.05) is 12.1 Å². The molecule has 7 heteroatoms. The summed E-state index contributed by atoms with van der Waals surface area (Å²) in [7, 11) is 0. The van der Waals surface area contributed by atoms with Crippen LogP contribution in [0.15, 0.2) is 16.7 Å². The Bertz CT molecular complexity index is 623. The number of carboxylic acid groups (broad SMARTS) is 1. The van der Waals surface area contributed by atoms with Crippen molar-refractivity contribution in [3.63, 3.8) is 0 Å². The van der Waals surface area contributed by atoms with E-state index in [4.69, 9.17) is 10.2 Å². The molecule has 3 unspecified atom stereocenters. The summed E-state index contributed by atoms with van der Waals surface area (Å²) in [5.74, 6) is -2.01. The Balaban J connectivity index is 1.89. The molecule has 2 amide bonds. The molecule has 1 aromatic heterocycles. The van der Waals surface area contributed by atoms with Gasteiger partial charge in [-0.1, -0.05) is 12.8 Å². The fourth-order valence-electron chi connectivity index (χ4n) is 3.70. The number of nitrogens with two attached hydrogens (primary N) is 1. The molecule has 1 aliphatic carbocycles. The van der Waals surface area contributed by atoms with Crippen molar-refractivity contribution in [2.45, 2.75) is 44.2 Å². The maximum atomic E-state index is 12.7. The summed E-state index contributed by atoms with van der Waals surface area (Å²) in [6.07, 6.45) is 5.50. The van der Waals surface area contributed by atoms with E-state index in [2.05, 4.69) is 0 Å². The monoisotopic (exact) mass is 306 g/mol. The van der Waals surface area contributed by atoms with Gasteiger partial charge in [0.2, 0.25) is 0 Å². The molecule has 0 spiro atoms. The Hall–Kier alpha value is -2.31. The summed E-state index contributed by atoms with van der Waals surface area (Å²) in [6.45, 7) is 0. The van der Waals surface area contributed by atoms with E-state index in [1.165, 1.54) is 11.0 Å². The quantitative estimate of drug-likeness (QED) is 0.872. The van der Waals surface area contributed by atoms with Crippen molar-refractivity contribution in [2.75, 3.05) is 0 Å². The van der Waals surface area contributed by atoms with Crippen molar-refractivity contribution in [3.8, 4) is 0 Å². The van der Waals surface area contributed by atoms with E-state index >= 15 is 0 Å². The number of carboxylic acids is 1. The molecule has 2 heterocycles. The van der Waals surface area contributed by atoms with Gasteiger partial charge in [0.05, 0.1) is 5.56 Å². The van der Waals surface area contributed by atoms with Gasteiger partial charge in [0.15, 0.2) is 5.76 Å². The summed E-state index contributed by atoms with van der Waals surface area (Å²) in [5.41, 5.74) is 5.28. The Morgan fingerprint density at radius 2 is 2.00 bits per heavy atom. The maximum absolute atomic E-state index is 12.7. The molecular weight excluding hydrogens is 288 g/mol. The second-order valence-electron chi connectivity index (χ2n) is 5.98. The van der Waals surface area contributed by atoms with Crippen molar-refractivity contribution in [2.24, 2.45) is 11.7 Å². The number of hydrogen-bond acceptors (Lipinski definition) is 4. The van der Waals surface area contributed by atoms with Gasteiger partial charge in [0.1, 0.15) is 12.3 Å². The molecule has 1 saturated carbocycles. The second kappa shape index (κ2) is 5.47. The maximum Gasteiger partial charge on any atom is 0.326 e. The normalized spacial score (nSPS) is 27.5. The highest BCUT2D eigenvalue weighted by atomic mass is 16.4. The van der Waals surface area contributed by atoms with Crippen LogP contribution >= 0.6 is 0 Å². The Labute approximate surface area is 127 Å². The average molecular weight is 306 g/mol. The first-order chi connectivity index (χ1) is 10.5. The molecule has 7 nitrogen and oxygen atoms in total. The topological polar surface area (TPSA) is 114 Å². The van der Waals surface area contributed by atoms with Crippen LogP contribution in [-0.2, 0) is 4.79 Å². The molecule has 118 valence electrons. The van der Waals surface area contributed by atoms with E-state index in [1.807, 2.05) is 0 Å². The lowest BCUT2D eigenvalue weighted by Gasteiger charge is -2.32. The molecular formula is C15H18N2O5. The fourth-order valence-corrected chi connectivity index (χ4v) is 3.70. The second-order valence-corrected chi connectivity index (χ2v) is 5.98. The van der Waals surface area contributed by atoms with Gasteiger partial charge in [-0.25, -0.2) is 4.79 Å². The number of primary amides is 1. The van der Waals surface area contributed by atoms with Crippen LogP contribution in [0.3, 0.4) is 0 Å². The minimum atomic E-state index is -0.985. The third kappa shape index (κ3) is 2.36. The Kier molecular flexibility index (Phi) is 3.64. The lowest BCUT2D eigenvalue weighted by atomic mass is 9.84. The predicted octanol–water partition coefficient (Wildman–Crippen LogP) is 1.24. The molecule has 2 aliphatic rings. The number of amides is 2. The summed E-state index contributed by atoms with van der Waals surface area (Å²) in [5, 5.41) is 9.43. The lowest BCUT2D eigenvalue weighted by molar-refractivity contribution is -0.141. The molecule has 2 fully saturated rings. The van der Waals surface area contributed by atoms with Gasteiger partial charge in [-0.3, -0.25) is 9.59 Å². The highest BCUT2D eigenvalue weighted by Gasteiger charge is 2.47. The molecule has 3 N–H and O–H groups in total. The number of hydrogen-bond donors (Lipinski definition) is 2. The zero-order chi connectivity index (χ0) is 15.9. The highest BCUT2D eigenvalue weighted by Crippen LogP contribution is 2.40. The first-order valence-corrected chi connectivity index (χ1v) is 7.43. The minimum Gasteiger partial charge on any atom is -0.480 e. The first-order valence-electron chi connectivity index (χ1n) is 7.43. The Morgan fingerprint density at radius 1 is 1.27 bits per heavy atom. The van der Waals surface area contributed by atoms with Crippen LogP contribution in [0.4, 0.5) is 0 Å². The molecule has 1 aromatic rings. The fraction of sp³-hybridized carbons (Fsp3) is 0.533. The third-order valence-electron chi connectivity index (χ3n) is 4.70. The summed E-state index contributed by atoms with van der Waals surface area (Å²) < 4.78 is 4.97. The SMILES string of the molecule is NC(=O)c1cc(C(=O)N2C(C(=O)O)CC3CCCCC32)co1. The van der Waals surface area contributed by atoms with Crippen LogP contribution in [0, 0.1) is 5.92 Å². The van der Waals surface area contributed by atoms with Crippen LogP contribution in [0.5, 0.6) is 0 Å². The summed E-state index contributed by atoms with van der Waals surface area (Å²) >= 11 is 0. The van der Waals surface area contributed by atoms with Crippen molar-refractivity contribution >= 4 is 17.8 Å². The van der Waals surface area contributed by atoms with Crippen molar-refractivity contribution in [1.82, 2.24) is 4.90 Å². The van der Waals surface area contributed by atoms with Gasteiger partial charge in [-0.05, 0) is 25.2 Å². The molecule has 0 radical (unpaired) electrons. The van der Waals surface area contributed by atoms with E-state index in [0.29, 0.717) is 6.42 Å². The average Bonchev–Trinajstić information content (AvgIpc) is 3.11. The number of carbonyl (C=O) groups is 3. The molecule has 3 atom stereocenters. The number of carbonyl (C=O) groups excluding carboxylic acids is 2. The minimum absolute atomic E-state index is 0.0470. The van der Waals surface area contributed by atoms with Gasteiger partial charge in [0.25, 0.3) is 11.8 Å². The lowest BCUT2D eigenvalue weighted by Crippen LogP contribution is -2.46. The van der Waals surface area contributed by atoms with Crippen LogP contribution < -0.4 is 5.73 Å². The van der Waals surface area contributed by atoms with Gasteiger partial charge >= 0.3 is 5.97 Å². The zero-order valence-corrected chi connectivity index (χ0v) is 12.0. The van der Waals surface area contributed by atoms with Crippen molar-refractivity contribution < 1.29 is 23.9 Å². The first kappa shape index (κ1) is 14.6. The summed E-state index contributed by atoms with van der Waals surface area (Å²) in [6, 6.07) is 0.418.